The molecular formula is C12H23NO3. The molecule has 4 nitrogen and oxygen atoms in total. The third-order valence-corrected chi connectivity index (χ3v) is 2.48. The second-order valence-corrected chi connectivity index (χ2v) is 5.78. The van der Waals surface area contributed by atoms with Gasteiger partial charge in [0.15, 0.2) is 0 Å². The van der Waals surface area contributed by atoms with Crippen LogP contribution < -0.4 is 5.32 Å². The summed E-state index contributed by atoms with van der Waals surface area (Å²) >= 11 is 0. The lowest BCUT2D eigenvalue weighted by molar-refractivity contribution is 0.0526. The fourth-order valence-corrected chi connectivity index (χ4v) is 1.53. The van der Waals surface area contributed by atoms with Crippen molar-refractivity contribution in [2.75, 3.05) is 6.54 Å². The largest absolute Gasteiger partial charge is 0.444 e. The van der Waals surface area contributed by atoms with Crippen LogP contribution in [-0.4, -0.2) is 29.9 Å². The lowest BCUT2D eigenvalue weighted by atomic mass is 10.1. The Labute approximate surface area is 97.7 Å². The number of ether oxygens (including phenoxy) is 2. The maximum absolute atomic E-state index is 11.3. The van der Waals surface area contributed by atoms with Gasteiger partial charge < -0.3 is 14.8 Å². The number of carbonyl (C=O) groups is 1. The van der Waals surface area contributed by atoms with E-state index in [0.29, 0.717) is 12.6 Å². The highest BCUT2D eigenvalue weighted by Gasteiger charge is 2.46. The van der Waals surface area contributed by atoms with Gasteiger partial charge in [-0.25, -0.2) is 4.79 Å². The zero-order valence-corrected chi connectivity index (χ0v) is 10.9. The van der Waals surface area contributed by atoms with Gasteiger partial charge in [-0.3, -0.25) is 0 Å². The molecule has 0 aliphatic carbocycles. The van der Waals surface area contributed by atoms with Gasteiger partial charge in [0.2, 0.25) is 0 Å². The highest BCUT2D eigenvalue weighted by molar-refractivity contribution is 5.67. The third kappa shape index (κ3) is 4.84. The Bertz CT molecular complexity index is 255. The predicted molar refractivity (Wildman–Crippen MR) is 62.4 cm³/mol. The highest BCUT2D eigenvalue weighted by Crippen LogP contribution is 2.38. The molecular weight excluding hydrogens is 206 g/mol. The lowest BCUT2D eigenvalue weighted by Crippen LogP contribution is -2.33. The molecule has 0 aromatic carbocycles. The van der Waals surface area contributed by atoms with Crippen LogP contribution in [-0.2, 0) is 9.47 Å². The number of carbonyl (C=O) groups excluding carboxylic acids is 1. The normalized spacial score (nSPS) is 22.7. The average Bonchev–Trinajstić information content (AvgIpc) is 2.65. The summed E-state index contributed by atoms with van der Waals surface area (Å²) in [4.78, 5) is 11.3. The van der Waals surface area contributed by atoms with Crippen LogP contribution in [0, 0.1) is 0 Å². The van der Waals surface area contributed by atoms with Crippen LogP contribution in [0.25, 0.3) is 0 Å². The van der Waals surface area contributed by atoms with Crippen molar-refractivity contribution < 1.29 is 14.3 Å². The zero-order chi connectivity index (χ0) is 12.4. The zero-order valence-electron chi connectivity index (χ0n) is 10.9. The fourth-order valence-electron chi connectivity index (χ4n) is 1.53. The van der Waals surface area contributed by atoms with E-state index in [0.717, 1.165) is 12.8 Å². The molecule has 1 unspecified atom stereocenters. The minimum absolute atomic E-state index is 0.0475. The maximum atomic E-state index is 11.3. The molecule has 1 amide bonds. The molecule has 1 saturated heterocycles. The molecule has 0 bridgehead atoms. The Morgan fingerprint density at radius 3 is 2.44 bits per heavy atom. The van der Waals surface area contributed by atoms with Crippen molar-refractivity contribution in [3.8, 4) is 0 Å². The van der Waals surface area contributed by atoms with E-state index in [-0.39, 0.29) is 11.7 Å². The highest BCUT2D eigenvalue weighted by atomic mass is 16.6. The van der Waals surface area contributed by atoms with Gasteiger partial charge in [-0.2, -0.15) is 0 Å². The number of hydrogen-bond donors (Lipinski definition) is 1. The second kappa shape index (κ2) is 4.62. The summed E-state index contributed by atoms with van der Waals surface area (Å²) in [6.45, 7) is 10.4. The maximum Gasteiger partial charge on any atom is 0.407 e. The first kappa shape index (κ1) is 13.3. The average molecular weight is 229 g/mol. The molecule has 0 spiro atoms. The third-order valence-electron chi connectivity index (χ3n) is 2.48. The number of rotatable bonds is 4. The molecule has 1 N–H and O–H groups in total. The van der Waals surface area contributed by atoms with Crippen molar-refractivity contribution in [3.63, 3.8) is 0 Å². The Balaban J connectivity index is 2.01. The van der Waals surface area contributed by atoms with Crippen molar-refractivity contribution in [3.05, 3.63) is 0 Å². The van der Waals surface area contributed by atoms with Crippen LogP contribution in [0.2, 0.25) is 0 Å². The molecule has 1 aliphatic heterocycles. The smallest absolute Gasteiger partial charge is 0.407 e. The van der Waals surface area contributed by atoms with Crippen molar-refractivity contribution in [1.82, 2.24) is 5.32 Å². The molecule has 4 heteroatoms. The molecule has 0 radical (unpaired) electrons. The minimum Gasteiger partial charge on any atom is -0.444 e. The van der Waals surface area contributed by atoms with E-state index in [1.54, 1.807) is 0 Å². The van der Waals surface area contributed by atoms with E-state index in [9.17, 15) is 4.79 Å². The Hall–Kier alpha value is -0.770. The molecule has 1 aliphatic rings. The van der Waals surface area contributed by atoms with Crippen LogP contribution >= 0.6 is 0 Å². The van der Waals surface area contributed by atoms with Crippen LogP contribution in [0.4, 0.5) is 4.79 Å². The van der Waals surface area contributed by atoms with E-state index < -0.39 is 5.60 Å². The number of alkyl carbamates (subject to hydrolysis) is 1. The summed E-state index contributed by atoms with van der Waals surface area (Å²) in [6, 6.07) is 0. The molecule has 0 aromatic heterocycles. The van der Waals surface area contributed by atoms with Gasteiger partial charge in [0, 0.05) is 6.54 Å². The topological polar surface area (TPSA) is 50.9 Å². The summed E-state index contributed by atoms with van der Waals surface area (Å²) in [5.41, 5.74) is -0.377. The Kier molecular flexibility index (Phi) is 3.84. The Morgan fingerprint density at radius 1 is 1.44 bits per heavy atom. The summed E-state index contributed by atoms with van der Waals surface area (Å²) in [5.74, 6) is 0. The molecule has 1 rings (SSSR count). The monoisotopic (exact) mass is 229 g/mol. The molecule has 1 atom stereocenters. The fraction of sp³-hybridized carbons (Fsp3) is 0.917. The van der Waals surface area contributed by atoms with Gasteiger partial charge >= 0.3 is 6.09 Å². The summed E-state index contributed by atoms with van der Waals surface area (Å²) in [6.07, 6.45) is 1.92. The first-order chi connectivity index (χ1) is 7.21. The van der Waals surface area contributed by atoms with Crippen molar-refractivity contribution in [1.29, 1.82) is 0 Å². The van der Waals surface area contributed by atoms with E-state index in [2.05, 4.69) is 19.2 Å². The van der Waals surface area contributed by atoms with Crippen LogP contribution in [0.3, 0.4) is 0 Å². The van der Waals surface area contributed by atoms with E-state index in [4.69, 9.17) is 9.47 Å². The quantitative estimate of drug-likeness (QED) is 0.595. The van der Waals surface area contributed by atoms with Crippen LogP contribution in [0.5, 0.6) is 0 Å². The summed E-state index contributed by atoms with van der Waals surface area (Å²) in [7, 11) is 0. The van der Waals surface area contributed by atoms with Crippen molar-refractivity contribution >= 4 is 6.09 Å². The van der Waals surface area contributed by atoms with E-state index in [1.807, 2.05) is 20.8 Å². The number of amides is 1. The first-order valence-electron chi connectivity index (χ1n) is 5.85. The summed E-state index contributed by atoms with van der Waals surface area (Å²) < 4.78 is 10.6. The van der Waals surface area contributed by atoms with Crippen LogP contribution in [0.15, 0.2) is 0 Å². The first-order valence-corrected chi connectivity index (χ1v) is 5.85. The van der Waals surface area contributed by atoms with Gasteiger partial charge in [-0.05, 0) is 47.5 Å². The molecule has 1 fully saturated rings. The standard InChI is InChI=1S/C12H23NO3/c1-11(2,3)16-10(14)13-8-6-7-9-12(4,5)15-9/h9H,6-8H2,1-5H3,(H,13,14). The molecule has 94 valence electrons. The van der Waals surface area contributed by atoms with Crippen LogP contribution in [0.1, 0.15) is 47.5 Å². The second-order valence-electron chi connectivity index (χ2n) is 5.78. The van der Waals surface area contributed by atoms with Crippen molar-refractivity contribution in [2.45, 2.75) is 64.8 Å². The van der Waals surface area contributed by atoms with Crippen molar-refractivity contribution in [2.24, 2.45) is 0 Å². The SMILES string of the molecule is CC(C)(C)OC(=O)NCCCC1OC1(C)C. The molecule has 0 aromatic rings. The predicted octanol–water partition coefficient (Wildman–Crippen LogP) is 2.47. The van der Waals surface area contributed by atoms with E-state index >= 15 is 0 Å². The molecule has 0 saturated carbocycles. The van der Waals surface area contributed by atoms with Gasteiger partial charge in [0.05, 0.1) is 11.7 Å². The number of nitrogens with one attached hydrogen (secondary N) is 1. The Morgan fingerprint density at radius 2 is 2.00 bits per heavy atom. The number of hydrogen-bond acceptors (Lipinski definition) is 3. The molecule has 1 heterocycles. The van der Waals surface area contributed by atoms with Gasteiger partial charge in [-0.1, -0.05) is 0 Å². The van der Waals surface area contributed by atoms with E-state index in [1.165, 1.54) is 0 Å². The van der Waals surface area contributed by atoms with Gasteiger partial charge in [-0.15, -0.1) is 0 Å². The number of epoxide rings is 1. The minimum atomic E-state index is -0.425. The molecule has 16 heavy (non-hydrogen) atoms. The summed E-state index contributed by atoms with van der Waals surface area (Å²) in [5, 5.41) is 2.73. The van der Waals surface area contributed by atoms with Gasteiger partial charge in [0.1, 0.15) is 5.60 Å². The lowest BCUT2D eigenvalue weighted by Gasteiger charge is -2.19. The van der Waals surface area contributed by atoms with Gasteiger partial charge in [0.25, 0.3) is 0 Å².